The van der Waals surface area contributed by atoms with Crippen LogP contribution in [0.15, 0.2) is 0 Å². The van der Waals surface area contributed by atoms with E-state index in [9.17, 15) is 4.79 Å². The van der Waals surface area contributed by atoms with Crippen LogP contribution in [0.3, 0.4) is 0 Å². The first kappa shape index (κ1) is 12.3. The molecule has 5 nitrogen and oxygen atoms in total. The SMILES string of the molecule is CCCC(NOCCOC)C(=O)O. The predicted molar refractivity (Wildman–Crippen MR) is 47.3 cm³/mol. The molecule has 0 aromatic heterocycles. The van der Waals surface area contributed by atoms with Crippen molar-refractivity contribution in [3.8, 4) is 0 Å². The monoisotopic (exact) mass is 191 g/mol. The van der Waals surface area contributed by atoms with Crippen molar-refractivity contribution in [2.24, 2.45) is 0 Å². The fourth-order valence-corrected chi connectivity index (χ4v) is 0.806. The van der Waals surface area contributed by atoms with Crippen LogP contribution in [0.2, 0.25) is 0 Å². The number of aliphatic carboxylic acids is 1. The molecule has 0 saturated carbocycles. The number of nitrogens with one attached hydrogen (secondary N) is 1. The fourth-order valence-electron chi connectivity index (χ4n) is 0.806. The maximum Gasteiger partial charge on any atom is 0.323 e. The minimum Gasteiger partial charge on any atom is -0.480 e. The molecule has 2 N–H and O–H groups in total. The Hall–Kier alpha value is -0.650. The van der Waals surface area contributed by atoms with E-state index in [4.69, 9.17) is 14.7 Å². The highest BCUT2D eigenvalue weighted by Crippen LogP contribution is 1.96. The number of carboxylic acids is 1. The van der Waals surface area contributed by atoms with Crippen LogP contribution in [-0.4, -0.2) is 37.4 Å². The lowest BCUT2D eigenvalue weighted by Gasteiger charge is -2.12. The Morgan fingerprint density at radius 2 is 2.23 bits per heavy atom. The second kappa shape index (κ2) is 7.97. The van der Waals surface area contributed by atoms with Crippen molar-refractivity contribution < 1.29 is 19.5 Å². The molecule has 0 fully saturated rings. The molecule has 0 heterocycles. The topological polar surface area (TPSA) is 67.8 Å². The van der Waals surface area contributed by atoms with Crippen LogP contribution in [-0.2, 0) is 14.4 Å². The van der Waals surface area contributed by atoms with Gasteiger partial charge in [-0.15, -0.1) is 0 Å². The summed E-state index contributed by atoms with van der Waals surface area (Å²) >= 11 is 0. The van der Waals surface area contributed by atoms with E-state index in [-0.39, 0.29) is 0 Å². The molecule has 0 spiro atoms. The zero-order valence-electron chi connectivity index (χ0n) is 8.08. The van der Waals surface area contributed by atoms with Gasteiger partial charge < -0.3 is 9.84 Å². The third-order valence-corrected chi connectivity index (χ3v) is 1.49. The third kappa shape index (κ3) is 6.51. The summed E-state index contributed by atoms with van der Waals surface area (Å²) in [4.78, 5) is 15.5. The number of methoxy groups -OCH3 is 1. The van der Waals surface area contributed by atoms with E-state index in [1.807, 2.05) is 6.92 Å². The third-order valence-electron chi connectivity index (χ3n) is 1.49. The maximum atomic E-state index is 10.6. The van der Waals surface area contributed by atoms with Gasteiger partial charge in [-0.05, 0) is 6.42 Å². The van der Waals surface area contributed by atoms with Crippen molar-refractivity contribution in [1.82, 2.24) is 5.48 Å². The first-order valence-corrected chi connectivity index (χ1v) is 4.31. The van der Waals surface area contributed by atoms with E-state index in [1.165, 1.54) is 0 Å². The summed E-state index contributed by atoms with van der Waals surface area (Å²) in [6.45, 7) is 2.72. The summed E-state index contributed by atoms with van der Waals surface area (Å²) in [7, 11) is 1.56. The Balaban J connectivity index is 3.51. The van der Waals surface area contributed by atoms with Gasteiger partial charge in [0, 0.05) is 7.11 Å². The number of hydroxylamine groups is 1. The van der Waals surface area contributed by atoms with Crippen molar-refractivity contribution in [3.63, 3.8) is 0 Å². The van der Waals surface area contributed by atoms with Crippen molar-refractivity contribution in [2.45, 2.75) is 25.8 Å². The number of rotatable bonds is 8. The Morgan fingerprint density at radius 1 is 1.54 bits per heavy atom. The van der Waals surface area contributed by atoms with Gasteiger partial charge in [-0.1, -0.05) is 13.3 Å². The molecular weight excluding hydrogens is 174 g/mol. The van der Waals surface area contributed by atoms with Gasteiger partial charge in [-0.25, -0.2) is 0 Å². The molecule has 1 unspecified atom stereocenters. The highest BCUT2D eigenvalue weighted by molar-refractivity contribution is 5.73. The highest BCUT2D eigenvalue weighted by atomic mass is 16.7. The number of hydrogen-bond donors (Lipinski definition) is 2. The quantitative estimate of drug-likeness (QED) is 0.429. The molecule has 0 amide bonds. The largest absolute Gasteiger partial charge is 0.480 e. The minimum atomic E-state index is -0.890. The maximum absolute atomic E-state index is 10.6. The Kier molecular flexibility index (Phi) is 7.57. The van der Waals surface area contributed by atoms with E-state index < -0.39 is 12.0 Å². The molecule has 0 aromatic carbocycles. The number of carboxylic acid groups (broad SMARTS) is 1. The zero-order chi connectivity index (χ0) is 10.1. The Bertz CT molecular complexity index is 140. The van der Waals surface area contributed by atoms with E-state index >= 15 is 0 Å². The van der Waals surface area contributed by atoms with Crippen LogP contribution in [0.25, 0.3) is 0 Å². The molecule has 5 heteroatoms. The van der Waals surface area contributed by atoms with E-state index in [2.05, 4.69) is 5.48 Å². The normalized spacial score (nSPS) is 12.8. The van der Waals surface area contributed by atoms with Crippen LogP contribution >= 0.6 is 0 Å². The van der Waals surface area contributed by atoms with Crippen molar-refractivity contribution in [2.75, 3.05) is 20.3 Å². The molecule has 1 atom stereocenters. The predicted octanol–water partition coefficient (Wildman–Crippen LogP) is 0.407. The van der Waals surface area contributed by atoms with Gasteiger partial charge in [0.25, 0.3) is 0 Å². The standard InChI is InChI=1S/C8H17NO4/c1-3-4-7(8(10)11)9-13-6-5-12-2/h7,9H,3-6H2,1-2H3,(H,10,11). The summed E-state index contributed by atoms with van der Waals surface area (Å²) in [5.74, 6) is -0.890. The molecule has 0 rings (SSSR count). The lowest BCUT2D eigenvalue weighted by Crippen LogP contribution is -2.37. The first-order valence-electron chi connectivity index (χ1n) is 4.31. The van der Waals surface area contributed by atoms with Crippen LogP contribution in [0.5, 0.6) is 0 Å². The van der Waals surface area contributed by atoms with Gasteiger partial charge in [0.2, 0.25) is 0 Å². The average molecular weight is 191 g/mol. The second-order valence-electron chi connectivity index (χ2n) is 2.64. The molecule has 0 aromatic rings. The number of carbonyl (C=O) groups is 1. The number of hydrogen-bond acceptors (Lipinski definition) is 4. The van der Waals surface area contributed by atoms with E-state index in [0.717, 1.165) is 6.42 Å². The molecule has 0 saturated heterocycles. The lowest BCUT2D eigenvalue weighted by atomic mass is 10.2. The number of ether oxygens (including phenoxy) is 1. The molecule has 78 valence electrons. The van der Waals surface area contributed by atoms with Gasteiger partial charge in [-0.2, -0.15) is 5.48 Å². The summed E-state index contributed by atoms with van der Waals surface area (Å²) < 4.78 is 4.73. The van der Waals surface area contributed by atoms with E-state index in [0.29, 0.717) is 19.6 Å². The summed E-state index contributed by atoms with van der Waals surface area (Å²) in [6.07, 6.45) is 1.36. The molecule has 13 heavy (non-hydrogen) atoms. The van der Waals surface area contributed by atoms with Crippen molar-refractivity contribution in [3.05, 3.63) is 0 Å². The van der Waals surface area contributed by atoms with Gasteiger partial charge in [0.05, 0.1) is 13.2 Å². The van der Waals surface area contributed by atoms with E-state index in [1.54, 1.807) is 7.11 Å². The van der Waals surface area contributed by atoms with Crippen LogP contribution in [0.4, 0.5) is 0 Å². The molecule has 0 aliphatic carbocycles. The Morgan fingerprint density at radius 3 is 2.69 bits per heavy atom. The van der Waals surface area contributed by atoms with Crippen LogP contribution < -0.4 is 5.48 Å². The molecule has 0 aliphatic heterocycles. The van der Waals surface area contributed by atoms with Crippen molar-refractivity contribution >= 4 is 5.97 Å². The highest BCUT2D eigenvalue weighted by Gasteiger charge is 2.15. The Labute approximate surface area is 78.0 Å². The van der Waals surface area contributed by atoms with Gasteiger partial charge >= 0.3 is 5.97 Å². The van der Waals surface area contributed by atoms with Crippen LogP contribution in [0.1, 0.15) is 19.8 Å². The average Bonchev–Trinajstić information content (AvgIpc) is 2.10. The van der Waals surface area contributed by atoms with Gasteiger partial charge in [0.15, 0.2) is 0 Å². The molecule has 0 bridgehead atoms. The molecular formula is C8H17NO4. The minimum absolute atomic E-state index is 0.351. The van der Waals surface area contributed by atoms with Crippen molar-refractivity contribution in [1.29, 1.82) is 0 Å². The van der Waals surface area contributed by atoms with Crippen LogP contribution in [0, 0.1) is 0 Å². The fraction of sp³-hybridized carbons (Fsp3) is 0.875. The molecule has 0 radical (unpaired) electrons. The summed E-state index contributed by atoms with van der Waals surface area (Å²) in [5, 5.41) is 8.69. The molecule has 0 aliphatic rings. The smallest absolute Gasteiger partial charge is 0.323 e. The zero-order valence-corrected chi connectivity index (χ0v) is 8.08. The van der Waals surface area contributed by atoms with Gasteiger partial charge in [0.1, 0.15) is 6.04 Å². The lowest BCUT2D eigenvalue weighted by molar-refractivity contribution is -0.144. The summed E-state index contributed by atoms with van der Waals surface area (Å²) in [6, 6.07) is -0.623. The second-order valence-corrected chi connectivity index (χ2v) is 2.64. The first-order chi connectivity index (χ1) is 6.22. The van der Waals surface area contributed by atoms with Gasteiger partial charge in [-0.3, -0.25) is 9.63 Å². The summed E-state index contributed by atoms with van der Waals surface area (Å²) in [5.41, 5.74) is 2.48.